The van der Waals surface area contributed by atoms with Crippen LogP contribution in [0.1, 0.15) is 12.8 Å². The van der Waals surface area contributed by atoms with Gasteiger partial charge in [0.05, 0.1) is 6.54 Å². The number of hydrogen-bond donors (Lipinski definition) is 1. The summed E-state index contributed by atoms with van der Waals surface area (Å²) in [5.41, 5.74) is 0. The highest BCUT2D eigenvalue weighted by atomic mass is 32.2. The number of carbonyl (C=O) groups is 1. The van der Waals surface area contributed by atoms with Gasteiger partial charge in [-0.15, -0.1) is 0 Å². The van der Waals surface area contributed by atoms with Gasteiger partial charge < -0.3 is 10.2 Å². The first kappa shape index (κ1) is 13.2. The van der Waals surface area contributed by atoms with Crippen molar-refractivity contribution in [1.82, 2.24) is 15.1 Å². The normalized spacial score (nSPS) is 23.9. The molecule has 2 saturated heterocycles. The van der Waals surface area contributed by atoms with Crippen LogP contribution in [0.4, 0.5) is 0 Å². The number of hydrogen-bond acceptors (Lipinski definition) is 4. The van der Waals surface area contributed by atoms with E-state index in [4.69, 9.17) is 0 Å². The second-order valence-corrected chi connectivity index (χ2v) is 6.02. The number of likely N-dealkylation sites (N-methyl/N-ethyl adjacent to an activating group) is 1. The van der Waals surface area contributed by atoms with Crippen LogP contribution >= 0.6 is 11.8 Å². The molecule has 98 valence electrons. The number of piperazine rings is 1. The van der Waals surface area contributed by atoms with Gasteiger partial charge in [-0.05, 0) is 31.4 Å². The zero-order valence-corrected chi connectivity index (χ0v) is 11.5. The maximum absolute atomic E-state index is 11.7. The van der Waals surface area contributed by atoms with E-state index in [1.54, 1.807) is 0 Å². The molecular weight excluding hydrogens is 234 g/mol. The van der Waals surface area contributed by atoms with Crippen molar-refractivity contribution in [2.45, 2.75) is 18.9 Å². The monoisotopic (exact) mass is 257 g/mol. The molecule has 1 N–H and O–H groups in total. The van der Waals surface area contributed by atoms with E-state index in [-0.39, 0.29) is 5.91 Å². The van der Waals surface area contributed by atoms with Gasteiger partial charge in [-0.25, -0.2) is 0 Å². The zero-order valence-electron chi connectivity index (χ0n) is 10.7. The Morgan fingerprint density at radius 3 is 2.47 bits per heavy atom. The molecule has 2 rings (SSSR count). The maximum atomic E-state index is 11.7. The lowest BCUT2D eigenvalue weighted by Crippen LogP contribution is -2.53. The van der Waals surface area contributed by atoms with Crippen molar-refractivity contribution in [3.8, 4) is 0 Å². The summed E-state index contributed by atoms with van der Waals surface area (Å²) in [6.07, 6.45) is 2.66. The Balaban J connectivity index is 1.75. The van der Waals surface area contributed by atoms with Crippen molar-refractivity contribution in [2.24, 2.45) is 0 Å². The van der Waals surface area contributed by atoms with Crippen LogP contribution in [-0.2, 0) is 4.79 Å². The minimum Gasteiger partial charge on any atom is -0.339 e. The zero-order chi connectivity index (χ0) is 12.1. The molecule has 4 nitrogen and oxygen atoms in total. The van der Waals surface area contributed by atoms with Gasteiger partial charge in [0.2, 0.25) is 5.91 Å². The van der Waals surface area contributed by atoms with Crippen LogP contribution in [0.3, 0.4) is 0 Å². The van der Waals surface area contributed by atoms with Gasteiger partial charge in [0.15, 0.2) is 0 Å². The van der Waals surface area contributed by atoms with Crippen molar-refractivity contribution in [3.63, 3.8) is 0 Å². The molecule has 0 aromatic carbocycles. The molecule has 2 aliphatic rings. The summed E-state index contributed by atoms with van der Waals surface area (Å²) in [5.74, 6) is 2.86. The number of thioether (sulfide) groups is 1. The van der Waals surface area contributed by atoms with Gasteiger partial charge >= 0.3 is 0 Å². The average molecular weight is 257 g/mol. The molecule has 2 aliphatic heterocycles. The largest absolute Gasteiger partial charge is 0.339 e. The van der Waals surface area contributed by atoms with Crippen molar-refractivity contribution in [3.05, 3.63) is 0 Å². The molecule has 2 heterocycles. The molecule has 0 atom stereocenters. The van der Waals surface area contributed by atoms with Gasteiger partial charge in [-0.2, -0.15) is 11.8 Å². The molecular formula is C12H23N3OS. The lowest BCUT2D eigenvalue weighted by atomic mass is 10.1. The highest BCUT2D eigenvalue weighted by molar-refractivity contribution is 7.99. The number of carbonyl (C=O) groups excluding carboxylic acids is 1. The molecule has 0 unspecified atom stereocenters. The third-order valence-corrected chi connectivity index (χ3v) is 4.75. The van der Waals surface area contributed by atoms with Gasteiger partial charge in [0, 0.05) is 32.2 Å². The molecule has 0 aromatic heterocycles. The summed E-state index contributed by atoms with van der Waals surface area (Å²) >= 11 is 2.08. The molecule has 1 amide bonds. The first-order valence-corrected chi connectivity index (χ1v) is 7.71. The SMILES string of the molecule is CNCC(=O)N1CCN(C2CCSCC2)CC1. The fourth-order valence-corrected chi connectivity index (χ4v) is 3.73. The Hall–Kier alpha value is -0.260. The Morgan fingerprint density at radius 1 is 1.24 bits per heavy atom. The standard InChI is InChI=1S/C12H23N3OS/c1-13-10-12(16)15-6-4-14(5-7-15)11-2-8-17-9-3-11/h11,13H,2-10H2,1H3. The molecule has 0 bridgehead atoms. The Kier molecular flexibility index (Phi) is 5.13. The highest BCUT2D eigenvalue weighted by Crippen LogP contribution is 2.22. The van der Waals surface area contributed by atoms with Crippen LogP contribution < -0.4 is 5.32 Å². The van der Waals surface area contributed by atoms with Crippen LogP contribution in [0.2, 0.25) is 0 Å². The highest BCUT2D eigenvalue weighted by Gasteiger charge is 2.26. The van der Waals surface area contributed by atoms with Gasteiger partial charge in [-0.3, -0.25) is 9.69 Å². The molecule has 2 fully saturated rings. The summed E-state index contributed by atoms with van der Waals surface area (Å²) in [4.78, 5) is 16.3. The third kappa shape index (κ3) is 3.60. The van der Waals surface area contributed by atoms with Crippen molar-refractivity contribution >= 4 is 17.7 Å². The quantitative estimate of drug-likeness (QED) is 0.786. The van der Waals surface area contributed by atoms with Crippen LogP contribution in [-0.4, -0.2) is 73.0 Å². The Bertz CT molecular complexity index is 248. The summed E-state index contributed by atoms with van der Waals surface area (Å²) in [5, 5.41) is 2.93. The Morgan fingerprint density at radius 2 is 1.88 bits per heavy atom. The van der Waals surface area contributed by atoms with Crippen molar-refractivity contribution < 1.29 is 4.79 Å². The lowest BCUT2D eigenvalue weighted by molar-refractivity contribution is -0.132. The van der Waals surface area contributed by atoms with Crippen LogP contribution in [0.5, 0.6) is 0 Å². The molecule has 5 heteroatoms. The van der Waals surface area contributed by atoms with E-state index in [2.05, 4.69) is 22.0 Å². The number of rotatable bonds is 3. The molecule has 0 saturated carbocycles. The van der Waals surface area contributed by atoms with Crippen LogP contribution in [0.15, 0.2) is 0 Å². The summed E-state index contributed by atoms with van der Waals surface area (Å²) < 4.78 is 0. The van der Waals surface area contributed by atoms with Crippen molar-refractivity contribution in [2.75, 3.05) is 51.3 Å². The lowest BCUT2D eigenvalue weighted by Gasteiger charge is -2.40. The van der Waals surface area contributed by atoms with E-state index in [1.807, 2.05) is 11.9 Å². The minimum atomic E-state index is 0.242. The van der Waals surface area contributed by atoms with Crippen molar-refractivity contribution in [1.29, 1.82) is 0 Å². The van der Waals surface area contributed by atoms with Gasteiger partial charge in [-0.1, -0.05) is 0 Å². The smallest absolute Gasteiger partial charge is 0.236 e. The second kappa shape index (κ2) is 6.61. The first-order valence-electron chi connectivity index (χ1n) is 6.55. The second-order valence-electron chi connectivity index (χ2n) is 4.79. The first-order chi connectivity index (χ1) is 8.31. The summed E-state index contributed by atoms with van der Waals surface area (Å²) in [7, 11) is 1.83. The predicted octanol–water partition coefficient (Wildman–Crippen LogP) is 0.246. The Labute approximate surface area is 108 Å². The van der Waals surface area contributed by atoms with E-state index in [0.29, 0.717) is 6.54 Å². The fourth-order valence-electron chi connectivity index (χ4n) is 2.65. The van der Waals surface area contributed by atoms with Gasteiger partial charge in [0.1, 0.15) is 0 Å². The molecule has 0 aliphatic carbocycles. The topological polar surface area (TPSA) is 35.6 Å². The van der Waals surface area contributed by atoms with E-state index in [9.17, 15) is 4.79 Å². The minimum absolute atomic E-state index is 0.242. The average Bonchev–Trinajstić information content (AvgIpc) is 2.40. The fraction of sp³-hybridized carbons (Fsp3) is 0.917. The molecule has 17 heavy (non-hydrogen) atoms. The predicted molar refractivity (Wildman–Crippen MR) is 72.4 cm³/mol. The number of amides is 1. The summed E-state index contributed by atoms with van der Waals surface area (Å²) in [6, 6.07) is 0.776. The number of nitrogens with one attached hydrogen (secondary N) is 1. The summed E-state index contributed by atoms with van der Waals surface area (Å²) in [6.45, 7) is 4.41. The number of nitrogens with zero attached hydrogens (tertiary/aromatic N) is 2. The molecule has 0 aromatic rings. The van der Waals surface area contributed by atoms with Crippen LogP contribution in [0.25, 0.3) is 0 Å². The van der Waals surface area contributed by atoms with E-state index >= 15 is 0 Å². The molecule has 0 radical (unpaired) electrons. The van der Waals surface area contributed by atoms with E-state index in [1.165, 1.54) is 24.3 Å². The van der Waals surface area contributed by atoms with Crippen LogP contribution in [0, 0.1) is 0 Å². The van der Waals surface area contributed by atoms with E-state index < -0.39 is 0 Å². The third-order valence-electron chi connectivity index (χ3n) is 3.70. The van der Waals surface area contributed by atoms with Gasteiger partial charge in [0.25, 0.3) is 0 Å². The maximum Gasteiger partial charge on any atom is 0.236 e. The van der Waals surface area contributed by atoms with E-state index in [0.717, 1.165) is 32.2 Å². The molecule has 0 spiro atoms.